The molecule has 1 aromatic carbocycles. The summed E-state index contributed by atoms with van der Waals surface area (Å²) in [4.78, 5) is 20.8. The first-order valence-electron chi connectivity index (χ1n) is 10.9. The van der Waals surface area contributed by atoms with Crippen molar-refractivity contribution < 1.29 is 22.7 Å². The van der Waals surface area contributed by atoms with Crippen LogP contribution in [0.25, 0.3) is 11.5 Å². The van der Waals surface area contributed by atoms with Gasteiger partial charge in [0.15, 0.2) is 5.82 Å². The monoisotopic (exact) mass is 497 g/mol. The quantitative estimate of drug-likeness (QED) is 0.375. The highest BCUT2D eigenvalue weighted by atomic mass is 19.4. The van der Waals surface area contributed by atoms with Gasteiger partial charge >= 0.3 is 6.18 Å². The Balaban J connectivity index is 1.53. The van der Waals surface area contributed by atoms with Gasteiger partial charge in [0, 0.05) is 24.2 Å². The van der Waals surface area contributed by atoms with Crippen LogP contribution in [-0.4, -0.2) is 30.6 Å². The molecule has 12 heteroatoms. The zero-order valence-electron chi connectivity index (χ0n) is 19.3. The predicted molar refractivity (Wildman–Crippen MR) is 125 cm³/mol. The van der Waals surface area contributed by atoms with Crippen LogP contribution in [0.2, 0.25) is 0 Å². The number of ether oxygens (including phenoxy) is 1. The number of nitrogens with one attached hydrogen (secondary N) is 1. The lowest BCUT2D eigenvalue weighted by molar-refractivity contribution is -0.141. The molecule has 0 unspecified atom stereocenters. The van der Waals surface area contributed by atoms with Crippen molar-refractivity contribution in [2.24, 2.45) is 5.73 Å². The molecule has 36 heavy (non-hydrogen) atoms. The Morgan fingerprint density at radius 2 is 1.89 bits per heavy atom. The number of carbonyl (C=O) groups is 1. The number of carbonyl (C=O) groups excluding carboxylic acids is 1. The smallest absolute Gasteiger partial charge is 0.433 e. The van der Waals surface area contributed by atoms with Gasteiger partial charge in [-0.1, -0.05) is 12.1 Å². The maximum atomic E-state index is 13.2. The summed E-state index contributed by atoms with van der Waals surface area (Å²) < 4.78 is 46.8. The van der Waals surface area contributed by atoms with Gasteiger partial charge in [-0.2, -0.15) is 13.2 Å². The minimum absolute atomic E-state index is 0.116. The van der Waals surface area contributed by atoms with Crippen LogP contribution in [-0.2, 0) is 12.7 Å². The van der Waals surface area contributed by atoms with Crippen LogP contribution in [0.15, 0.2) is 60.9 Å². The minimum atomic E-state index is -4.66. The van der Waals surface area contributed by atoms with E-state index in [0.29, 0.717) is 11.5 Å². The molecule has 0 spiro atoms. The van der Waals surface area contributed by atoms with Gasteiger partial charge in [0.1, 0.15) is 29.3 Å². The van der Waals surface area contributed by atoms with Gasteiger partial charge in [-0.15, -0.1) is 10.2 Å². The molecule has 3 N–H and O–H groups in total. The number of hydrogen-bond acceptors (Lipinski definition) is 7. The lowest BCUT2D eigenvalue weighted by Gasteiger charge is -2.12. The van der Waals surface area contributed by atoms with Gasteiger partial charge in [0.2, 0.25) is 5.88 Å². The molecule has 0 fully saturated rings. The zero-order chi connectivity index (χ0) is 25.9. The van der Waals surface area contributed by atoms with Crippen molar-refractivity contribution in [2.45, 2.75) is 32.6 Å². The van der Waals surface area contributed by atoms with Crippen molar-refractivity contribution in [2.75, 3.05) is 5.32 Å². The lowest BCUT2D eigenvalue weighted by atomic mass is 10.2. The van der Waals surface area contributed by atoms with Crippen molar-refractivity contribution in [3.05, 3.63) is 77.7 Å². The zero-order valence-corrected chi connectivity index (χ0v) is 19.3. The molecule has 0 aliphatic carbocycles. The van der Waals surface area contributed by atoms with Crippen molar-refractivity contribution in [1.82, 2.24) is 24.7 Å². The van der Waals surface area contributed by atoms with Gasteiger partial charge in [0.25, 0.3) is 5.91 Å². The Hall–Kier alpha value is -4.32. The maximum absolute atomic E-state index is 13.2. The van der Waals surface area contributed by atoms with Crippen LogP contribution < -0.4 is 15.8 Å². The molecule has 0 atom stereocenters. The van der Waals surface area contributed by atoms with Gasteiger partial charge in [-0.05, 0) is 55.8 Å². The molecule has 0 saturated heterocycles. The fourth-order valence-corrected chi connectivity index (χ4v) is 3.32. The second kappa shape index (κ2) is 10.1. The summed E-state index contributed by atoms with van der Waals surface area (Å²) in [5, 5.41) is 10.7. The number of pyridine rings is 2. The van der Waals surface area contributed by atoms with Crippen LogP contribution in [0, 0.1) is 0 Å². The summed E-state index contributed by atoms with van der Waals surface area (Å²) >= 11 is 0. The van der Waals surface area contributed by atoms with Crippen molar-refractivity contribution >= 4 is 11.7 Å². The average Bonchev–Trinajstić information content (AvgIpc) is 3.34. The third-order valence-corrected chi connectivity index (χ3v) is 5.06. The summed E-state index contributed by atoms with van der Waals surface area (Å²) in [6.07, 6.45) is -3.05. The van der Waals surface area contributed by atoms with E-state index in [-0.39, 0.29) is 41.2 Å². The van der Waals surface area contributed by atoms with E-state index in [1.165, 1.54) is 30.3 Å². The second-order valence-corrected chi connectivity index (χ2v) is 8.05. The Morgan fingerprint density at radius 1 is 1.11 bits per heavy atom. The Bertz CT molecular complexity index is 1390. The molecule has 0 radical (unpaired) electrons. The molecule has 9 nitrogen and oxygen atoms in total. The SMILES string of the molecule is CC(C)n1cnnc1-c1cccc(NC(=O)c2cccc(Oc3cc(CN)cc(C(F)(F)F)n3)c2)n1. The Morgan fingerprint density at radius 3 is 2.61 bits per heavy atom. The number of alkyl halides is 3. The molecular weight excluding hydrogens is 475 g/mol. The molecule has 0 bridgehead atoms. The molecule has 186 valence electrons. The standard InChI is InChI=1S/C24H22F3N7O2/c1-14(2)34-13-29-33-22(34)18-7-4-8-20(30-18)32-23(35)16-5-3-6-17(11-16)36-21-10-15(12-28)9-19(31-21)24(25,26)27/h3-11,13-14H,12,28H2,1-2H3,(H,30,32,35). The number of benzene rings is 1. The first kappa shape index (κ1) is 24.8. The van der Waals surface area contributed by atoms with E-state index in [9.17, 15) is 18.0 Å². The number of hydrogen-bond donors (Lipinski definition) is 2. The molecule has 3 heterocycles. The van der Waals surface area contributed by atoms with Crippen LogP contribution in [0.4, 0.5) is 19.0 Å². The van der Waals surface area contributed by atoms with E-state index in [1.807, 2.05) is 18.4 Å². The largest absolute Gasteiger partial charge is 0.439 e. The summed E-state index contributed by atoms with van der Waals surface area (Å²) in [5.41, 5.74) is 5.33. The van der Waals surface area contributed by atoms with Crippen LogP contribution in [0.5, 0.6) is 11.6 Å². The minimum Gasteiger partial charge on any atom is -0.439 e. The predicted octanol–water partition coefficient (Wildman–Crippen LogP) is 4.84. The molecule has 4 aromatic rings. The van der Waals surface area contributed by atoms with Crippen molar-refractivity contribution in [3.63, 3.8) is 0 Å². The molecule has 1 amide bonds. The van der Waals surface area contributed by atoms with Crippen LogP contribution >= 0.6 is 0 Å². The first-order valence-corrected chi connectivity index (χ1v) is 10.9. The molecule has 4 rings (SSSR count). The molecule has 3 aromatic heterocycles. The van der Waals surface area contributed by atoms with E-state index in [1.54, 1.807) is 24.5 Å². The molecule has 0 aliphatic rings. The second-order valence-electron chi connectivity index (χ2n) is 8.05. The van der Waals surface area contributed by atoms with Gasteiger partial charge < -0.3 is 20.4 Å². The van der Waals surface area contributed by atoms with E-state index in [2.05, 4.69) is 25.5 Å². The van der Waals surface area contributed by atoms with Crippen molar-refractivity contribution in [1.29, 1.82) is 0 Å². The summed E-state index contributed by atoms with van der Waals surface area (Å²) in [6, 6.07) is 13.4. The van der Waals surface area contributed by atoms with Gasteiger partial charge in [0.05, 0.1) is 0 Å². The summed E-state index contributed by atoms with van der Waals surface area (Å²) in [6.45, 7) is 3.85. The number of anilines is 1. The fraction of sp³-hybridized carbons (Fsp3) is 0.208. The van der Waals surface area contributed by atoms with Crippen molar-refractivity contribution in [3.8, 4) is 23.1 Å². The Kier molecular flexibility index (Phi) is 6.97. The number of amides is 1. The van der Waals surface area contributed by atoms with Crippen LogP contribution in [0.3, 0.4) is 0 Å². The number of rotatable bonds is 7. The fourth-order valence-electron chi connectivity index (χ4n) is 3.32. The van der Waals surface area contributed by atoms with Gasteiger partial charge in [-0.25, -0.2) is 9.97 Å². The number of aromatic nitrogens is 5. The highest BCUT2D eigenvalue weighted by Gasteiger charge is 2.33. The molecule has 0 aliphatic heterocycles. The van der Waals surface area contributed by atoms with E-state index in [0.717, 1.165) is 6.07 Å². The normalized spacial score (nSPS) is 11.5. The average molecular weight is 497 g/mol. The van der Waals surface area contributed by atoms with Gasteiger partial charge in [-0.3, -0.25) is 4.79 Å². The number of halogens is 3. The van der Waals surface area contributed by atoms with E-state index < -0.39 is 17.8 Å². The third kappa shape index (κ3) is 5.66. The highest BCUT2D eigenvalue weighted by molar-refractivity contribution is 6.04. The number of nitrogens with two attached hydrogens (primary N) is 1. The summed E-state index contributed by atoms with van der Waals surface area (Å²) in [5.74, 6) is 0.196. The first-order chi connectivity index (χ1) is 17.1. The molecule has 0 saturated carbocycles. The third-order valence-electron chi connectivity index (χ3n) is 5.06. The van der Waals surface area contributed by atoms with E-state index in [4.69, 9.17) is 10.5 Å². The van der Waals surface area contributed by atoms with E-state index >= 15 is 0 Å². The van der Waals surface area contributed by atoms with Crippen LogP contribution in [0.1, 0.15) is 41.5 Å². The topological polar surface area (TPSA) is 121 Å². The highest BCUT2D eigenvalue weighted by Crippen LogP contribution is 2.31. The Labute approximate surface area is 204 Å². The number of nitrogens with zero attached hydrogens (tertiary/aromatic N) is 5. The maximum Gasteiger partial charge on any atom is 0.433 e. The molecular formula is C24H22F3N7O2. The lowest BCUT2D eigenvalue weighted by Crippen LogP contribution is -2.13. The summed E-state index contributed by atoms with van der Waals surface area (Å²) in [7, 11) is 0.